The fourth-order valence-corrected chi connectivity index (χ4v) is 2.79. The zero-order valence-electron chi connectivity index (χ0n) is 19.3. The van der Waals surface area contributed by atoms with Crippen LogP contribution in [0.2, 0.25) is 0 Å². The van der Waals surface area contributed by atoms with Gasteiger partial charge in [0.25, 0.3) is 0 Å². The first-order valence-electron chi connectivity index (χ1n) is 10.4. The van der Waals surface area contributed by atoms with Crippen molar-refractivity contribution in [2.75, 3.05) is 0 Å². The van der Waals surface area contributed by atoms with Crippen LogP contribution >= 0.6 is 0 Å². The lowest BCUT2D eigenvalue weighted by molar-refractivity contribution is 0.104. The molecule has 2 aromatic carbocycles. The molecule has 0 atom stereocenters. The van der Waals surface area contributed by atoms with Gasteiger partial charge in [-0.05, 0) is 94.9 Å². The van der Waals surface area contributed by atoms with Gasteiger partial charge in [0, 0.05) is 82.2 Å². The van der Waals surface area contributed by atoms with Crippen molar-refractivity contribution in [1.29, 1.82) is 0 Å². The summed E-state index contributed by atoms with van der Waals surface area (Å²) in [6.07, 6.45) is 7.38. The number of hydrogen-bond donors (Lipinski definition) is 1. The summed E-state index contributed by atoms with van der Waals surface area (Å²) < 4.78 is 5.33. The average Bonchev–Trinajstić information content (AvgIpc) is 3.20. The molecule has 1 aliphatic carbocycles. The quantitative estimate of drug-likeness (QED) is 0.550. The van der Waals surface area contributed by atoms with E-state index in [1.165, 1.54) is 6.07 Å². The highest BCUT2D eigenvalue weighted by Crippen LogP contribution is 2.39. The monoisotopic (exact) mass is 476 g/mol. The Hall–Kier alpha value is -7.13. The van der Waals surface area contributed by atoms with E-state index in [0.29, 0.717) is 16.9 Å². The number of aromatic hydroxyl groups is 1. The Balaban J connectivity index is 1.47. The molecule has 2 aromatic rings. The first-order chi connectivity index (χ1) is 18.7. The second-order valence-electron chi connectivity index (χ2n) is 6.49. The van der Waals surface area contributed by atoms with Gasteiger partial charge in [0.2, 0.25) is 0 Å². The zero-order valence-corrected chi connectivity index (χ0v) is 19.3. The Kier molecular flexibility index (Phi) is 9.53. The Bertz CT molecular complexity index is 2040. The third-order valence-corrected chi connectivity index (χ3v) is 4.19. The molecule has 0 radical (unpaired) electrons. The van der Waals surface area contributed by atoms with Crippen LogP contribution in [0.15, 0.2) is 36.4 Å². The number of ether oxygens (including phenoxy) is 1. The van der Waals surface area contributed by atoms with Gasteiger partial charge in [-0.15, -0.1) is 6.42 Å². The number of carbonyl (C=O) groups is 1. The Morgan fingerprint density at radius 1 is 0.526 bits per heavy atom. The minimum atomic E-state index is -0.179. The summed E-state index contributed by atoms with van der Waals surface area (Å²) in [6, 6.07) is 9.80. The van der Waals surface area contributed by atoms with Crippen molar-refractivity contribution < 1.29 is 14.6 Å². The molecule has 0 unspecified atom stereocenters. The van der Waals surface area contributed by atoms with E-state index < -0.39 is 0 Å². The van der Waals surface area contributed by atoms with Crippen molar-refractivity contribution >= 4 is 5.78 Å². The van der Waals surface area contributed by atoms with Crippen molar-refractivity contribution in [3.63, 3.8) is 0 Å². The second-order valence-corrected chi connectivity index (χ2v) is 6.49. The minimum absolute atomic E-state index is 0.0401. The summed E-state index contributed by atoms with van der Waals surface area (Å²) in [5.74, 6) is 49.5. The van der Waals surface area contributed by atoms with Crippen molar-refractivity contribution in [2.24, 2.45) is 0 Å². The number of phenolic OH excluding ortho intramolecular Hbond substituents is 1. The summed E-state index contributed by atoms with van der Waals surface area (Å²) in [5.41, 5.74) is 2.50. The molecule has 0 bridgehead atoms. The average molecular weight is 476 g/mol. The molecule has 38 heavy (non-hydrogen) atoms. The number of terminal acetylenes is 1. The fraction of sp³-hybridized carbons (Fsp3) is 0. The number of carbonyl (C=O) groups excluding carboxylic acids is 1. The first-order valence-corrected chi connectivity index (χ1v) is 10.4. The van der Waals surface area contributed by atoms with E-state index in [9.17, 15) is 9.90 Å². The molecule has 0 fully saturated rings. The van der Waals surface area contributed by atoms with Gasteiger partial charge in [-0.2, -0.15) is 0 Å². The van der Waals surface area contributed by atoms with Crippen LogP contribution in [-0.2, 0) is 0 Å². The number of rotatable bonds is 1. The highest BCUT2D eigenvalue weighted by molar-refractivity contribution is 6.22. The number of hydrogen-bond acceptors (Lipinski definition) is 3. The molecule has 0 heterocycles. The van der Waals surface area contributed by atoms with Crippen molar-refractivity contribution in [3.8, 4) is 154 Å². The van der Waals surface area contributed by atoms with Crippen molar-refractivity contribution in [1.82, 2.24) is 0 Å². The maximum Gasteiger partial charge on any atom is 0.194 e. The maximum atomic E-state index is 12.6. The highest BCUT2D eigenvalue weighted by atomic mass is 16.5. The van der Waals surface area contributed by atoms with E-state index in [0.717, 1.165) is 11.1 Å². The first kappa shape index (κ1) is 25.5. The minimum Gasteiger partial charge on any atom is -0.508 e. The van der Waals surface area contributed by atoms with Crippen LogP contribution in [0.25, 0.3) is 11.1 Å². The predicted octanol–water partition coefficient (Wildman–Crippen LogP) is 2.61. The van der Waals surface area contributed by atoms with E-state index in [1.54, 1.807) is 30.3 Å². The Labute approximate surface area is 221 Å². The predicted molar refractivity (Wildman–Crippen MR) is 144 cm³/mol. The normalized spacial score (nSPS) is 7.61. The number of ketones is 1. The zero-order chi connectivity index (χ0) is 26.8. The largest absolute Gasteiger partial charge is 0.508 e. The van der Waals surface area contributed by atoms with E-state index in [1.807, 2.05) is 0 Å². The van der Waals surface area contributed by atoms with Gasteiger partial charge in [0.1, 0.15) is 17.6 Å². The number of fused-ring (bicyclic) bond motifs is 3. The van der Waals surface area contributed by atoms with Crippen molar-refractivity contribution in [3.05, 3.63) is 47.5 Å². The van der Waals surface area contributed by atoms with Crippen LogP contribution in [-0.4, -0.2) is 10.9 Å². The van der Waals surface area contributed by atoms with E-state index in [4.69, 9.17) is 11.2 Å². The van der Waals surface area contributed by atoms with Crippen LogP contribution in [0.5, 0.6) is 11.5 Å². The van der Waals surface area contributed by atoms with Crippen LogP contribution in [0.3, 0.4) is 0 Å². The molecule has 1 N–H and O–H groups in total. The molecule has 3 heteroatoms. The molecule has 0 amide bonds. The summed E-state index contributed by atoms with van der Waals surface area (Å²) in [6.45, 7) is 0. The third kappa shape index (κ3) is 7.73. The molecule has 166 valence electrons. The maximum absolute atomic E-state index is 12.6. The fourth-order valence-electron chi connectivity index (χ4n) is 2.79. The van der Waals surface area contributed by atoms with Gasteiger partial charge in [-0.1, -0.05) is 0 Å². The van der Waals surface area contributed by atoms with Gasteiger partial charge in [0.05, 0.1) is 0 Å². The van der Waals surface area contributed by atoms with E-state index >= 15 is 0 Å². The van der Waals surface area contributed by atoms with Crippen LogP contribution in [0, 0.1) is 131 Å². The molecule has 0 aliphatic heterocycles. The lowest BCUT2D eigenvalue weighted by Crippen LogP contribution is -1.95. The molecule has 0 aromatic heterocycles. The third-order valence-electron chi connectivity index (χ3n) is 4.19. The molecular weight excluding hydrogens is 468 g/mol. The smallest absolute Gasteiger partial charge is 0.194 e. The van der Waals surface area contributed by atoms with E-state index in [-0.39, 0.29) is 11.5 Å². The Morgan fingerprint density at radius 2 is 0.947 bits per heavy atom. The van der Waals surface area contributed by atoms with Gasteiger partial charge >= 0.3 is 0 Å². The van der Waals surface area contributed by atoms with Crippen LogP contribution in [0.1, 0.15) is 15.9 Å². The molecule has 0 saturated carbocycles. The van der Waals surface area contributed by atoms with Crippen LogP contribution < -0.4 is 4.74 Å². The molecule has 0 saturated heterocycles. The number of phenols is 1. The summed E-state index contributed by atoms with van der Waals surface area (Å²) in [4.78, 5) is 12.6. The van der Waals surface area contributed by atoms with Gasteiger partial charge in [-0.3, -0.25) is 4.79 Å². The van der Waals surface area contributed by atoms with Gasteiger partial charge < -0.3 is 9.84 Å². The standard InChI is InChI=1S/C35H8O3/c1-2-3-4-5-6-7-8-9-10-11-12-13-14-15-16-17-18-19-20-21-26-38-30-23-25-32-31-24-22-29(36)27-33(31)35(37)34(32)28-30/h1,22-25,27-28,36H. The van der Waals surface area contributed by atoms with Crippen molar-refractivity contribution in [2.45, 2.75) is 0 Å². The Morgan fingerprint density at radius 3 is 1.45 bits per heavy atom. The molecular formula is C35H8O3. The lowest BCUT2D eigenvalue weighted by Gasteiger charge is -2.01. The lowest BCUT2D eigenvalue weighted by atomic mass is 10.1. The molecule has 1 aliphatic rings. The number of benzene rings is 2. The van der Waals surface area contributed by atoms with Gasteiger partial charge in [0.15, 0.2) is 5.78 Å². The highest BCUT2D eigenvalue weighted by Gasteiger charge is 2.27. The topological polar surface area (TPSA) is 46.5 Å². The summed E-state index contributed by atoms with van der Waals surface area (Å²) >= 11 is 0. The molecule has 0 spiro atoms. The van der Waals surface area contributed by atoms with Gasteiger partial charge in [-0.25, -0.2) is 0 Å². The SMILES string of the molecule is C#CC#CC#CC#CC#CC#CC#CC#CC#CC#CC#COc1ccc2c(c1)C(=O)c1cc(O)ccc1-2. The summed E-state index contributed by atoms with van der Waals surface area (Å²) in [7, 11) is 0. The molecule has 3 rings (SSSR count). The second kappa shape index (κ2) is 14.2. The summed E-state index contributed by atoms with van der Waals surface area (Å²) in [5, 5.41) is 9.63. The molecule has 3 nitrogen and oxygen atoms in total. The van der Waals surface area contributed by atoms with Crippen LogP contribution in [0.4, 0.5) is 0 Å². The van der Waals surface area contributed by atoms with E-state index in [2.05, 4.69) is 125 Å².